The molecular weight excluding hydrogens is 292 g/mol. The zero-order valence-corrected chi connectivity index (χ0v) is 13.5. The minimum Gasteiger partial charge on any atom is -0.393 e. The highest BCUT2D eigenvalue weighted by Gasteiger charge is 2.20. The normalized spacial score (nSPS) is 21.3. The van der Waals surface area contributed by atoms with E-state index in [-0.39, 0.29) is 12.1 Å². The van der Waals surface area contributed by atoms with Crippen LogP contribution in [0.3, 0.4) is 0 Å². The van der Waals surface area contributed by atoms with E-state index in [1.807, 2.05) is 35.9 Å². The van der Waals surface area contributed by atoms with Crippen LogP contribution in [0.25, 0.3) is 5.65 Å². The number of pyridine rings is 1. The first-order valence-electron chi connectivity index (χ1n) is 8.24. The quantitative estimate of drug-likeness (QED) is 0.807. The maximum absolute atomic E-state index is 11.9. The van der Waals surface area contributed by atoms with E-state index in [1.165, 1.54) is 0 Å². The Labute approximate surface area is 135 Å². The van der Waals surface area contributed by atoms with Crippen molar-refractivity contribution in [3.8, 4) is 0 Å². The van der Waals surface area contributed by atoms with Crippen LogP contribution in [-0.4, -0.2) is 33.2 Å². The number of amides is 2. The maximum atomic E-state index is 11.9. The fourth-order valence-corrected chi connectivity index (χ4v) is 3.14. The Bertz CT molecular complexity index is 682. The zero-order valence-electron chi connectivity index (χ0n) is 13.5. The van der Waals surface area contributed by atoms with Crippen molar-refractivity contribution < 1.29 is 9.90 Å². The van der Waals surface area contributed by atoms with Gasteiger partial charge in [-0.3, -0.25) is 0 Å². The van der Waals surface area contributed by atoms with Gasteiger partial charge in [-0.2, -0.15) is 0 Å². The lowest BCUT2D eigenvalue weighted by molar-refractivity contribution is 0.101. The Balaban J connectivity index is 1.46. The number of rotatable bonds is 4. The molecular formula is C17H24N4O2. The van der Waals surface area contributed by atoms with Crippen LogP contribution in [0.5, 0.6) is 0 Å². The number of nitrogens with one attached hydrogen (secondary N) is 2. The summed E-state index contributed by atoms with van der Waals surface area (Å²) in [6.45, 7) is 3.05. The van der Waals surface area contributed by atoms with E-state index in [9.17, 15) is 9.90 Å². The molecule has 0 saturated heterocycles. The lowest BCUT2D eigenvalue weighted by Crippen LogP contribution is -2.39. The van der Waals surface area contributed by atoms with Crippen molar-refractivity contribution in [2.75, 3.05) is 6.54 Å². The molecule has 6 heteroatoms. The van der Waals surface area contributed by atoms with Crippen molar-refractivity contribution in [2.45, 2.75) is 45.3 Å². The van der Waals surface area contributed by atoms with E-state index >= 15 is 0 Å². The van der Waals surface area contributed by atoms with E-state index < -0.39 is 0 Å². The minimum absolute atomic E-state index is 0.182. The van der Waals surface area contributed by atoms with Gasteiger partial charge in [-0.15, -0.1) is 0 Å². The first kappa shape index (κ1) is 15.8. The third-order valence-corrected chi connectivity index (χ3v) is 4.40. The average molecular weight is 316 g/mol. The van der Waals surface area contributed by atoms with Crippen molar-refractivity contribution in [1.82, 2.24) is 20.0 Å². The first-order valence-corrected chi connectivity index (χ1v) is 8.24. The van der Waals surface area contributed by atoms with Crippen LogP contribution >= 0.6 is 0 Å². The van der Waals surface area contributed by atoms with Gasteiger partial charge in [0.2, 0.25) is 0 Å². The molecule has 2 atom stereocenters. The number of aromatic nitrogens is 2. The standard InChI is InChI=1S/C17H24N4O2/c1-12-5-6-21-11-14(20-16(21)7-12)10-19-17(23)18-9-13-3-2-4-15(22)8-13/h5-7,11,13,15,22H,2-4,8-10H2,1H3,(H2,18,19,23). The number of urea groups is 1. The highest BCUT2D eigenvalue weighted by molar-refractivity contribution is 5.73. The molecule has 3 N–H and O–H groups in total. The number of nitrogens with zero attached hydrogens (tertiary/aromatic N) is 2. The summed E-state index contributed by atoms with van der Waals surface area (Å²) in [7, 11) is 0. The molecule has 2 aromatic heterocycles. The van der Waals surface area contributed by atoms with Crippen molar-refractivity contribution >= 4 is 11.7 Å². The largest absolute Gasteiger partial charge is 0.393 e. The lowest BCUT2D eigenvalue weighted by atomic mass is 9.87. The molecule has 1 saturated carbocycles. The summed E-state index contributed by atoms with van der Waals surface area (Å²) in [5.41, 5.74) is 2.88. The van der Waals surface area contributed by atoms with Crippen LogP contribution in [0.2, 0.25) is 0 Å². The summed E-state index contributed by atoms with van der Waals surface area (Å²) in [5.74, 6) is 0.377. The van der Waals surface area contributed by atoms with Gasteiger partial charge in [-0.25, -0.2) is 9.78 Å². The second-order valence-electron chi connectivity index (χ2n) is 6.45. The van der Waals surface area contributed by atoms with Crippen molar-refractivity contribution in [1.29, 1.82) is 0 Å². The van der Waals surface area contributed by atoms with Gasteiger partial charge in [-0.05, 0) is 49.8 Å². The first-order chi connectivity index (χ1) is 11.1. The number of aryl methyl sites for hydroxylation is 1. The molecule has 2 aromatic rings. The summed E-state index contributed by atoms with van der Waals surface area (Å²) in [5, 5.41) is 15.4. The van der Waals surface area contributed by atoms with Crippen LogP contribution in [0.4, 0.5) is 4.79 Å². The molecule has 0 aliphatic heterocycles. The van der Waals surface area contributed by atoms with Crippen LogP contribution < -0.4 is 10.6 Å². The topological polar surface area (TPSA) is 78.7 Å². The van der Waals surface area contributed by atoms with E-state index in [0.717, 1.165) is 42.6 Å². The molecule has 0 spiro atoms. The molecule has 1 aliphatic carbocycles. The predicted octanol–water partition coefficient (Wildman–Crippen LogP) is 1.99. The zero-order chi connectivity index (χ0) is 16.2. The summed E-state index contributed by atoms with van der Waals surface area (Å²) < 4.78 is 1.95. The van der Waals surface area contributed by atoms with Gasteiger partial charge in [0.15, 0.2) is 0 Å². The van der Waals surface area contributed by atoms with E-state index in [2.05, 4.69) is 15.6 Å². The Morgan fingerprint density at radius 3 is 3.13 bits per heavy atom. The number of fused-ring (bicyclic) bond motifs is 1. The maximum Gasteiger partial charge on any atom is 0.315 e. The highest BCUT2D eigenvalue weighted by atomic mass is 16.3. The Kier molecular flexibility index (Phi) is 4.81. The van der Waals surface area contributed by atoms with Crippen LogP contribution in [0.1, 0.15) is 36.9 Å². The smallest absolute Gasteiger partial charge is 0.315 e. The Morgan fingerprint density at radius 1 is 1.43 bits per heavy atom. The number of carbonyl (C=O) groups excluding carboxylic acids is 1. The van der Waals surface area contributed by atoms with Gasteiger partial charge in [0, 0.05) is 18.9 Å². The van der Waals surface area contributed by atoms with Gasteiger partial charge in [0.05, 0.1) is 18.3 Å². The molecule has 2 heterocycles. The molecule has 0 radical (unpaired) electrons. The fraction of sp³-hybridized carbons (Fsp3) is 0.529. The number of imidazole rings is 1. The van der Waals surface area contributed by atoms with Gasteiger partial charge in [0.25, 0.3) is 0 Å². The SMILES string of the molecule is Cc1ccn2cc(CNC(=O)NCC3CCCC(O)C3)nc2c1. The molecule has 6 nitrogen and oxygen atoms in total. The lowest BCUT2D eigenvalue weighted by Gasteiger charge is -2.25. The third-order valence-electron chi connectivity index (χ3n) is 4.40. The van der Waals surface area contributed by atoms with E-state index in [1.54, 1.807) is 0 Å². The number of carbonyl (C=O) groups is 1. The summed E-state index contributed by atoms with van der Waals surface area (Å²) in [6, 6.07) is 3.85. The third kappa shape index (κ3) is 4.22. The molecule has 23 heavy (non-hydrogen) atoms. The molecule has 1 fully saturated rings. The summed E-state index contributed by atoms with van der Waals surface area (Å²) in [4.78, 5) is 16.4. The van der Waals surface area contributed by atoms with Crippen molar-refractivity contribution in [3.63, 3.8) is 0 Å². The van der Waals surface area contributed by atoms with Gasteiger partial charge in [-0.1, -0.05) is 6.42 Å². The van der Waals surface area contributed by atoms with Crippen molar-refractivity contribution in [2.24, 2.45) is 5.92 Å². The molecule has 0 bridgehead atoms. The van der Waals surface area contributed by atoms with Crippen molar-refractivity contribution in [3.05, 3.63) is 35.8 Å². The van der Waals surface area contributed by atoms with Crippen LogP contribution in [0.15, 0.2) is 24.5 Å². The Morgan fingerprint density at radius 2 is 2.30 bits per heavy atom. The van der Waals surface area contributed by atoms with E-state index in [0.29, 0.717) is 19.0 Å². The number of aliphatic hydroxyl groups excluding tert-OH is 1. The molecule has 2 amide bonds. The molecule has 1 aliphatic rings. The second kappa shape index (κ2) is 7.00. The number of hydrogen-bond donors (Lipinski definition) is 3. The van der Waals surface area contributed by atoms with E-state index in [4.69, 9.17) is 0 Å². The number of hydrogen-bond acceptors (Lipinski definition) is 3. The Hall–Kier alpha value is -2.08. The fourth-order valence-electron chi connectivity index (χ4n) is 3.14. The monoisotopic (exact) mass is 316 g/mol. The van der Waals surface area contributed by atoms with Crippen LogP contribution in [-0.2, 0) is 6.54 Å². The highest BCUT2D eigenvalue weighted by Crippen LogP contribution is 2.23. The predicted molar refractivity (Wildman–Crippen MR) is 88.1 cm³/mol. The second-order valence-corrected chi connectivity index (χ2v) is 6.45. The van der Waals surface area contributed by atoms with Crippen LogP contribution in [0, 0.1) is 12.8 Å². The van der Waals surface area contributed by atoms with Gasteiger partial charge < -0.3 is 20.1 Å². The molecule has 0 aromatic carbocycles. The molecule has 124 valence electrons. The average Bonchev–Trinajstić information content (AvgIpc) is 2.93. The summed E-state index contributed by atoms with van der Waals surface area (Å²) in [6.07, 6.45) is 7.46. The van der Waals surface area contributed by atoms with Gasteiger partial charge >= 0.3 is 6.03 Å². The number of aliphatic hydroxyl groups is 1. The minimum atomic E-state index is -0.208. The molecule has 2 unspecified atom stereocenters. The molecule has 3 rings (SSSR count). The summed E-state index contributed by atoms with van der Waals surface area (Å²) >= 11 is 0. The van der Waals surface area contributed by atoms with Gasteiger partial charge in [0.1, 0.15) is 5.65 Å².